The summed E-state index contributed by atoms with van der Waals surface area (Å²) in [5.74, 6) is -3.64. The molecule has 2 aromatic rings. The minimum absolute atomic E-state index is 0.0180. The van der Waals surface area contributed by atoms with Crippen LogP contribution in [-0.2, 0) is 29.1 Å². The molecule has 0 radical (unpaired) electrons. The number of amides is 4. The molecule has 3 N–H and O–H groups in total. The minimum Gasteiger partial charge on any atom is -0.494 e. The van der Waals surface area contributed by atoms with Gasteiger partial charge in [-0.1, -0.05) is 44.2 Å². The number of benzene rings is 1. The van der Waals surface area contributed by atoms with Crippen molar-refractivity contribution in [3.63, 3.8) is 0 Å². The van der Waals surface area contributed by atoms with E-state index in [9.17, 15) is 45.2 Å². The van der Waals surface area contributed by atoms with Crippen molar-refractivity contribution in [2.24, 2.45) is 17.8 Å². The lowest BCUT2D eigenvalue weighted by atomic mass is 9.88. The molecule has 2 aliphatic heterocycles. The van der Waals surface area contributed by atoms with Crippen LogP contribution >= 0.6 is 0 Å². The molecule has 1 saturated heterocycles. The first-order chi connectivity index (χ1) is 26.6. The molecule has 2 aliphatic carbocycles. The number of nitrogens with one attached hydrogen (secondary N) is 3. The molecule has 57 heavy (non-hydrogen) atoms. The summed E-state index contributed by atoms with van der Waals surface area (Å²) in [5, 5.41) is 3.63. The topological polar surface area (TPSA) is 182 Å². The second kappa shape index (κ2) is 15.2. The number of sulfonamides is 1. The second-order valence-corrected chi connectivity index (χ2v) is 18.0. The average Bonchev–Trinajstić information content (AvgIpc) is 4.01. The number of halogens is 4. The SMILES string of the molecule is COc1cnc(O[C@@H]2C[C@H]3C(=O)N[C@]4(C(=O)NS(=O)(=O)C5(F)CC5)C[C@H]4/C=C\CC[C@@H](C)C[C@@H](C)[C@H](NC(=O)OC(C)(C)C(F)(F)F)C(=O)N3C2)c2ccccc12. The van der Waals surface area contributed by atoms with Gasteiger partial charge in [-0.3, -0.25) is 14.4 Å². The van der Waals surface area contributed by atoms with Gasteiger partial charge in [0.15, 0.2) is 0 Å². The number of ether oxygens (including phenoxy) is 3. The van der Waals surface area contributed by atoms with E-state index in [1.165, 1.54) is 13.3 Å². The van der Waals surface area contributed by atoms with Crippen molar-refractivity contribution < 1.29 is 59.4 Å². The van der Waals surface area contributed by atoms with E-state index in [-0.39, 0.29) is 44.0 Å². The predicted molar refractivity (Wildman–Crippen MR) is 197 cm³/mol. The van der Waals surface area contributed by atoms with Crippen LogP contribution in [0, 0.1) is 17.8 Å². The van der Waals surface area contributed by atoms with E-state index < -0.39 is 86.2 Å². The van der Waals surface area contributed by atoms with Gasteiger partial charge in [-0.15, -0.1) is 0 Å². The molecule has 7 atom stereocenters. The van der Waals surface area contributed by atoms with Crippen molar-refractivity contribution in [2.45, 2.75) is 113 Å². The zero-order valence-corrected chi connectivity index (χ0v) is 33.0. The Morgan fingerprint density at radius 1 is 1.07 bits per heavy atom. The molecule has 19 heteroatoms. The molecule has 0 spiro atoms. The standard InChI is InChI=1S/C38H47F4N5O9S/c1-21-10-6-7-11-23-18-37(23,33(50)46-57(52,53)36(39)14-15-36)45-30(48)27-17-24(55-31-26-13-9-8-12-25(26)28(54-5)19-43-31)20-47(27)32(49)29(22(2)16-21)44-34(51)56-35(3,4)38(40,41)42/h7-9,11-13,19,21-24,27,29H,6,10,14-18,20H2,1-5H3,(H,44,51)(H,45,48)(H,46,50)/b11-7-/t21-,22-,23-,24-,27+,29+,37-/m1/s1. The normalized spacial score (nSPS) is 29.7. The number of aromatic nitrogens is 1. The van der Waals surface area contributed by atoms with Gasteiger partial charge in [-0.25, -0.2) is 27.3 Å². The van der Waals surface area contributed by atoms with Crippen LogP contribution in [0.5, 0.6) is 11.6 Å². The molecule has 312 valence electrons. The summed E-state index contributed by atoms with van der Waals surface area (Å²) < 4.78 is 99.8. The highest BCUT2D eigenvalue weighted by Gasteiger charge is 2.64. The largest absolute Gasteiger partial charge is 0.494 e. The van der Waals surface area contributed by atoms with Crippen LogP contribution in [0.3, 0.4) is 0 Å². The molecule has 0 bridgehead atoms. The van der Waals surface area contributed by atoms with Gasteiger partial charge in [0.25, 0.3) is 15.9 Å². The fourth-order valence-electron chi connectivity index (χ4n) is 7.49. The highest BCUT2D eigenvalue weighted by molar-refractivity contribution is 7.91. The van der Waals surface area contributed by atoms with Crippen LogP contribution in [0.15, 0.2) is 42.6 Å². The number of nitrogens with zero attached hydrogens (tertiary/aromatic N) is 2. The van der Waals surface area contributed by atoms with Gasteiger partial charge in [0, 0.05) is 36.0 Å². The van der Waals surface area contributed by atoms with Crippen molar-refractivity contribution >= 4 is 44.6 Å². The number of hydrogen-bond donors (Lipinski definition) is 3. The summed E-state index contributed by atoms with van der Waals surface area (Å²) in [7, 11) is -3.26. The number of allylic oxidation sites excluding steroid dienone is 1. The van der Waals surface area contributed by atoms with Gasteiger partial charge in [0.1, 0.15) is 29.5 Å². The highest BCUT2D eigenvalue weighted by Crippen LogP contribution is 2.48. The molecule has 1 aromatic carbocycles. The number of carbonyl (C=O) groups is 4. The maximum Gasteiger partial charge on any atom is 0.427 e. The lowest BCUT2D eigenvalue weighted by Crippen LogP contribution is -2.59. The van der Waals surface area contributed by atoms with E-state index in [1.807, 2.05) is 11.6 Å². The van der Waals surface area contributed by atoms with Gasteiger partial charge in [-0.05, 0) is 57.4 Å². The fraction of sp³-hybridized carbons (Fsp3) is 0.605. The first-order valence-corrected chi connectivity index (χ1v) is 20.3. The summed E-state index contributed by atoms with van der Waals surface area (Å²) in [6.45, 7) is 4.64. The van der Waals surface area contributed by atoms with Crippen molar-refractivity contribution in [2.75, 3.05) is 13.7 Å². The number of alkyl carbamates (subject to hydrolysis) is 1. The Hall–Kier alpha value is -4.68. The lowest BCUT2D eigenvalue weighted by Gasteiger charge is -2.34. The third-order valence-corrected chi connectivity index (χ3v) is 13.1. The molecule has 3 fully saturated rings. The van der Waals surface area contributed by atoms with E-state index >= 15 is 0 Å². The van der Waals surface area contributed by atoms with Gasteiger partial charge in [-0.2, -0.15) is 13.2 Å². The fourth-order valence-corrected chi connectivity index (χ4v) is 8.74. The molecule has 1 aromatic heterocycles. The van der Waals surface area contributed by atoms with Crippen molar-refractivity contribution in [3.8, 4) is 11.6 Å². The smallest absolute Gasteiger partial charge is 0.427 e. The molecule has 4 aliphatic rings. The average molecular weight is 826 g/mol. The van der Waals surface area contributed by atoms with E-state index in [0.29, 0.717) is 49.6 Å². The number of fused-ring (bicyclic) bond motifs is 3. The Morgan fingerprint density at radius 3 is 2.40 bits per heavy atom. The summed E-state index contributed by atoms with van der Waals surface area (Å²) >= 11 is 0. The highest BCUT2D eigenvalue weighted by atomic mass is 32.2. The molecular formula is C38H47F4N5O9S. The lowest BCUT2D eigenvalue weighted by molar-refractivity contribution is -0.244. The van der Waals surface area contributed by atoms with Crippen LogP contribution in [-0.4, -0.2) is 96.3 Å². The van der Waals surface area contributed by atoms with Crippen LogP contribution in [0.25, 0.3) is 10.8 Å². The van der Waals surface area contributed by atoms with Crippen LogP contribution in [0.2, 0.25) is 0 Å². The first-order valence-electron chi connectivity index (χ1n) is 18.8. The van der Waals surface area contributed by atoms with E-state index in [2.05, 4.69) is 15.6 Å². The van der Waals surface area contributed by atoms with E-state index in [4.69, 9.17) is 14.2 Å². The quantitative estimate of drug-likeness (QED) is 0.247. The maximum absolute atomic E-state index is 14.8. The minimum atomic E-state index is -4.93. The Labute approximate surface area is 327 Å². The molecule has 3 heterocycles. The van der Waals surface area contributed by atoms with Crippen molar-refractivity contribution in [3.05, 3.63) is 42.6 Å². The van der Waals surface area contributed by atoms with Crippen LogP contribution in [0.1, 0.15) is 72.6 Å². The first kappa shape index (κ1) is 41.9. The zero-order chi connectivity index (χ0) is 41.7. The number of hydrogen-bond acceptors (Lipinski definition) is 10. The number of carbonyl (C=O) groups excluding carboxylic acids is 4. The number of rotatable bonds is 8. The maximum atomic E-state index is 14.8. The Bertz CT molecular complexity index is 2060. The van der Waals surface area contributed by atoms with E-state index in [1.54, 1.807) is 43.3 Å². The Kier molecular flexibility index (Phi) is 11.2. The third kappa shape index (κ3) is 8.48. The summed E-state index contributed by atoms with van der Waals surface area (Å²) in [5.41, 5.74) is -4.71. The Balaban J connectivity index is 1.36. The van der Waals surface area contributed by atoms with E-state index in [0.717, 1.165) is 4.90 Å². The van der Waals surface area contributed by atoms with Gasteiger partial charge in [0.2, 0.25) is 28.3 Å². The Morgan fingerprint density at radius 2 is 1.75 bits per heavy atom. The van der Waals surface area contributed by atoms with Crippen molar-refractivity contribution in [1.29, 1.82) is 0 Å². The molecule has 4 amide bonds. The van der Waals surface area contributed by atoms with Gasteiger partial charge in [0.05, 0.1) is 19.9 Å². The summed E-state index contributed by atoms with van der Waals surface area (Å²) in [6, 6.07) is 4.20. The predicted octanol–water partition coefficient (Wildman–Crippen LogP) is 4.82. The number of alkyl halides is 4. The monoisotopic (exact) mass is 825 g/mol. The molecule has 0 unspecified atom stereocenters. The van der Waals surface area contributed by atoms with Gasteiger partial charge >= 0.3 is 12.3 Å². The molecular weight excluding hydrogens is 779 g/mol. The van der Waals surface area contributed by atoms with Crippen LogP contribution < -0.4 is 24.8 Å². The second-order valence-electron chi connectivity index (χ2n) is 16.1. The summed E-state index contributed by atoms with van der Waals surface area (Å²) in [6.07, 6.45) is -1.82. The number of pyridine rings is 1. The molecule has 14 nitrogen and oxygen atoms in total. The van der Waals surface area contributed by atoms with Crippen LogP contribution in [0.4, 0.5) is 22.4 Å². The third-order valence-electron chi connectivity index (χ3n) is 11.3. The zero-order valence-electron chi connectivity index (χ0n) is 32.2. The summed E-state index contributed by atoms with van der Waals surface area (Å²) in [4.78, 5) is 61.4. The van der Waals surface area contributed by atoms with Crippen molar-refractivity contribution in [1.82, 2.24) is 25.2 Å². The van der Waals surface area contributed by atoms with Gasteiger partial charge < -0.3 is 29.7 Å². The molecule has 2 saturated carbocycles. The number of methoxy groups -OCH3 is 1. The molecule has 6 rings (SSSR count).